The molecular formula is C25H29N. The van der Waals surface area contributed by atoms with Gasteiger partial charge < -0.3 is 0 Å². The molecule has 134 valence electrons. The molecule has 1 N–H and O–H groups in total. The molecular weight excluding hydrogens is 314 g/mol. The van der Waals surface area contributed by atoms with Gasteiger partial charge in [-0.15, -0.1) is 0 Å². The summed E-state index contributed by atoms with van der Waals surface area (Å²) in [7, 11) is 0. The van der Waals surface area contributed by atoms with Crippen molar-refractivity contribution in [2.45, 2.75) is 48.5 Å². The van der Waals surface area contributed by atoms with E-state index in [1.165, 1.54) is 44.5 Å². The number of hydrogen-bond donors (Lipinski definition) is 1. The number of benzene rings is 2. The van der Waals surface area contributed by atoms with Crippen LogP contribution < -0.4 is 0 Å². The van der Waals surface area contributed by atoms with Crippen molar-refractivity contribution < 1.29 is 0 Å². The molecule has 0 saturated carbocycles. The van der Waals surface area contributed by atoms with E-state index in [-0.39, 0.29) is 0 Å². The van der Waals surface area contributed by atoms with Crippen LogP contribution in [0.1, 0.15) is 61.1 Å². The topological polar surface area (TPSA) is 23.9 Å². The zero-order valence-corrected chi connectivity index (χ0v) is 17.0. The van der Waals surface area contributed by atoms with Gasteiger partial charge in [0.05, 0.1) is 5.71 Å². The van der Waals surface area contributed by atoms with Crippen LogP contribution in [0.15, 0.2) is 53.1 Å². The monoisotopic (exact) mass is 343 g/mol. The molecule has 1 unspecified atom stereocenters. The summed E-state index contributed by atoms with van der Waals surface area (Å²) in [5.74, 6) is 0.407. The minimum absolute atomic E-state index is 0.407. The van der Waals surface area contributed by atoms with Crippen molar-refractivity contribution in [3.05, 3.63) is 86.5 Å². The Morgan fingerprint density at radius 1 is 0.846 bits per heavy atom. The molecule has 1 aliphatic rings. The minimum Gasteiger partial charge on any atom is -0.300 e. The number of nitrogens with one attached hydrogen (secondary N) is 1. The van der Waals surface area contributed by atoms with E-state index < -0.39 is 0 Å². The molecule has 1 aliphatic carbocycles. The zero-order valence-electron chi connectivity index (χ0n) is 17.0. The van der Waals surface area contributed by atoms with Crippen LogP contribution in [0.3, 0.4) is 0 Å². The molecule has 0 radical (unpaired) electrons. The fraction of sp³-hybridized carbons (Fsp3) is 0.320. The van der Waals surface area contributed by atoms with E-state index >= 15 is 0 Å². The van der Waals surface area contributed by atoms with Crippen LogP contribution in [0.25, 0.3) is 5.57 Å². The maximum atomic E-state index is 9.02. The fourth-order valence-electron chi connectivity index (χ4n) is 4.44. The first-order valence-electron chi connectivity index (χ1n) is 9.39. The average Bonchev–Trinajstić information content (AvgIpc) is 2.77. The molecule has 0 aromatic heterocycles. The normalized spacial score (nSPS) is 17.3. The number of rotatable bonds is 3. The summed E-state index contributed by atoms with van der Waals surface area (Å²) in [6.45, 7) is 15.3. The summed E-state index contributed by atoms with van der Waals surface area (Å²) in [6.07, 6.45) is 0. The molecule has 2 aromatic rings. The van der Waals surface area contributed by atoms with Gasteiger partial charge in [0.1, 0.15) is 0 Å². The Morgan fingerprint density at radius 3 is 1.96 bits per heavy atom. The predicted molar refractivity (Wildman–Crippen MR) is 113 cm³/mol. The molecule has 2 aromatic carbocycles. The third-order valence-corrected chi connectivity index (χ3v) is 6.05. The van der Waals surface area contributed by atoms with Crippen molar-refractivity contribution in [3.63, 3.8) is 0 Å². The lowest BCUT2D eigenvalue weighted by atomic mass is 9.84. The predicted octanol–water partition coefficient (Wildman–Crippen LogP) is 6.79. The highest BCUT2D eigenvalue weighted by Gasteiger charge is 2.27. The summed E-state index contributed by atoms with van der Waals surface area (Å²) in [6, 6.07) is 12.8. The van der Waals surface area contributed by atoms with Gasteiger partial charge in [0.25, 0.3) is 0 Å². The maximum Gasteiger partial charge on any atom is 0.0696 e. The van der Waals surface area contributed by atoms with Gasteiger partial charge in [-0.1, -0.05) is 54.5 Å². The lowest BCUT2D eigenvalue weighted by Gasteiger charge is -2.20. The summed E-state index contributed by atoms with van der Waals surface area (Å²) < 4.78 is 0. The Kier molecular flexibility index (Phi) is 4.75. The second-order valence-corrected chi connectivity index (χ2v) is 7.76. The summed E-state index contributed by atoms with van der Waals surface area (Å²) >= 11 is 0. The molecule has 1 atom stereocenters. The summed E-state index contributed by atoms with van der Waals surface area (Å²) in [5.41, 5.74) is 13.1. The van der Waals surface area contributed by atoms with Gasteiger partial charge in [-0.2, -0.15) is 0 Å². The molecule has 0 amide bonds. The molecule has 0 bridgehead atoms. The fourth-order valence-corrected chi connectivity index (χ4v) is 4.44. The van der Waals surface area contributed by atoms with Crippen molar-refractivity contribution in [3.8, 4) is 0 Å². The standard InChI is InChI=1S/C25H29N/c1-14-12-15(2)23(16(3)13-14)25(26)22-11-9-8-10-21(22)24-19(6)17(4)18(5)20(24)7/h8-13,19,26H,1-7H3. The molecule has 0 aliphatic heterocycles. The number of allylic oxidation sites excluding steroid dienone is 4. The van der Waals surface area contributed by atoms with Crippen molar-refractivity contribution in [1.29, 1.82) is 5.41 Å². The van der Waals surface area contributed by atoms with Gasteiger partial charge in [-0.05, 0) is 75.0 Å². The Hall–Kier alpha value is -2.41. The molecule has 3 rings (SSSR count). The highest BCUT2D eigenvalue weighted by Crippen LogP contribution is 2.43. The molecule has 1 heteroatoms. The molecule has 0 spiro atoms. The molecule has 26 heavy (non-hydrogen) atoms. The van der Waals surface area contributed by atoms with Gasteiger partial charge in [0, 0.05) is 17.0 Å². The van der Waals surface area contributed by atoms with Crippen LogP contribution in [0.4, 0.5) is 0 Å². The lowest BCUT2D eigenvalue weighted by Crippen LogP contribution is -2.11. The van der Waals surface area contributed by atoms with Crippen LogP contribution in [0, 0.1) is 32.1 Å². The van der Waals surface area contributed by atoms with Gasteiger partial charge in [0.2, 0.25) is 0 Å². The molecule has 0 heterocycles. The van der Waals surface area contributed by atoms with Crippen molar-refractivity contribution in [1.82, 2.24) is 0 Å². The first-order chi connectivity index (χ1) is 12.2. The maximum absolute atomic E-state index is 9.02. The highest BCUT2D eigenvalue weighted by atomic mass is 14.4. The third-order valence-electron chi connectivity index (χ3n) is 6.05. The van der Waals surface area contributed by atoms with E-state index in [1.807, 2.05) is 0 Å². The van der Waals surface area contributed by atoms with Crippen LogP contribution in [-0.4, -0.2) is 5.71 Å². The first kappa shape index (κ1) is 18.4. The minimum atomic E-state index is 0.407. The van der Waals surface area contributed by atoms with E-state index in [0.29, 0.717) is 11.6 Å². The van der Waals surface area contributed by atoms with Crippen molar-refractivity contribution >= 4 is 11.3 Å². The SMILES string of the molecule is CC1=C(C)C(C)C(c2ccccc2C(=N)c2c(C)cc(C)cc2C)=C1C. The smallest absolute Gasteiger partial charge is 0.0696 e. The number of hydrogen-bond acceptors (Lipinski definition) is 1. The van der Waals surface area contributed by atoms with Crippen LogP contribution in [-0.2, 0) is 0 Å². The van der Waals surface area contributed by atoms with E-state index in [4.69, 9.17) is 5.41 Å². The first-order valence-corrected chi connectivity index (χ1v) is 9.39. The summed E-state index contributed by atoms with van der Waals surface area (Å²) in [4.78, 5) is 0. The second-order valence-electron chi connectivity index (χ2n) is 7.76. The van der Waals surface area contributed by atoms with E-state index in [1.54, 1.807) is 0 Å². The average molecular weight is 344 g/mol. The zero-order chi connectivity index (χ0) is 19.2. The Morgan fingerprint density at radius 2 is 1.42 bits per heavy atom. The van der Waals surface area contributed by atoms with Gasteiger partial charge in [-0.3, -0.25) is 5.41 Å². The quantitative estimate of drug-likeness (QED) is 0.593. The third kappa shape index (κ3) is 2.86. The largest absolute Gasteiger partial charge is 0.300 e. The Bertz CT molecular complexity index is 946. The van der Waals surface area contributed by atoms with E-state index in [0.717, 1.165) is 11.1 Å². The lowest BCUT2D eigenvalue weighted by molar-refractivity contribution is 0.894. The van der Waals surface area contributed by atoms with Crippen LogP contribution in [0.5, 0.6) is 0 Å². The Balaban J connectivity index is 2.18. The Labute approximate surface area is 158 Å². The van der Waals surface area contributed by atoms with Crippen LogP contribution in [0.2, 0.25) is 0 Å². The van der Waals surface area contributed by atoms with Crippen molar-refractivity contribution in [2.75, 3.05) is 0 Å². The molecule has 1 nitrogen and oxygen atoms in total. The highest BCUT2D eigenvalue weighted by molar-refractivity contribution is 6.15. The van der Waals surface area contributed by atoms with Gasteiger partial charge in [0.15, 0.2) is 0 Å². The number of aryl methyl sites for hydroxylation is 3. The molecule has 0 fully saturated rings. The summed E-state index contributed by atoms with van der Waals surface area (Å²) in [5, 5.41) is 9.02. The second kappa shape index (κ2) is 6.72. The van der Waals surface area contributed by atoms with E-state index in [2.05, 4.69) is 84.9 Å². The van der Waals surface area contributed by atoms with E-state index in [9.17, 15) is 0 Å². The van der Waals surface area contributed by atoms with Gasteiger partial charge in [-0.25, -0.2) is 0 Å². The molecule has 0 saturated heterocycles. The van der Waals surface area contributed by atoms with Crippen LogP contribution >= 0.6 is 0 Å². The van der Waals surface area contributed by atoms with Crippen molar-refractivity contribution in [2.24, 2.45) is 5.92 Å². The van der Waals surface area contributed by atoms with Gasteiger partial charge >= 0.3 is 0 Å².